The molecule has 3 rings (SSSR count). The number of hydrogen-bond donors (Lipinski definition) is 1. The molecule has 0 saturated carbocycles. The van der Waals surface area contributed by atoms with Crippen molar-refractivity contribution >= 4 is 28.1 Å². The highest BCUT2D eigenvalue weighted by molar-refractivity contribution is 7.19. The van der Waals surface area contributed by atoms with E-state index in [9.17, 15) is 14.9 Å². The number of carbonyl (C=O) groups excluding carboxylic acids is 1. The summed E-state index contributed by atoms with van der Waals surface area (Å²) in [5, 5.41) is 13.8. The van der Waals surface area contributed by atoms with Crippen LogP contribution in [0.3, 0.4) is 0 Å². The molecule has 0 radical (unpaired) electrons. The van der Waals surface area contributed by atoms with Crippen molar-refractivity contribution in [2.45, 2.75) is 6.92 Å². The Morgan fingerprint density at radius 3 is 2.88 bits per heavy atom. The van der Waals surface area contributed by atoms with Crippen molar-refractivity contribution in [2.75, 3.05) is 11.9 Å². The Hall–Kier alpha value is -3.33. The molecule has 0 atom stereocenters. The minimum atomic E-state index is -0.523. The first kappa shape index (κ1) is 17.5. The first-order chi connectivity index (χ1) is 12.5. The second kappa shape index (κ2) is 7.70. The molecule has 1 aromatic carbocycles. The smallest absolute Gasteiger partial charge is 0.273 e. The number of non-ortho nitro benzene ring substituents is 1. The average molecular weight is 370 g/mol. The van der Waals surface area contributed by atoms with Crippen LogP contribution in [-0.4, -0.2) is 27.4 Å². The van der Waals surface area contributed by atoms with E-state index in [0.29, 0.717) is 5.13 Å². The van der Waals surface area contributed by atoms with Crippen LogP contribution in [0, 0.1) is 17.0 Å². The monoisotopic (exact) mass is 370 g/mol. The number of ether oxygens (including phenoxy) is 1. The van der Waals surface area contributed by atoms with E-state index in [1.54, 1.807) is 12.3 Å². The van der Waals surface area contributed by atoms with E-state index >= 15 is 0 Å². The van der Waals surface area contributed by atoms with Gasteiger partial charge in [-0.2, -0.15) is 0 Å². The number of pyridine rings is 1. The van der Waals surface area contributed by atoms with Crippen molar-refractivity contribution in [1.29, 1.82) is 0 Å². The van der Waals surface area contributed by atoms with E-state index in [-0.39, 0.29) is 18.0 Å². The van der Waals surface area contributed by atoms with Crippen molar-refractivity contribution in [3.05, 3.63) is 64.5 Å². The normalized spacial score (nSPS) is 10.3. The van der Waals surface area contributed by atoms with E-state index in [2.05, 4.69) is 15.3 Å². The van der Waals surface area contributed by atoms with Gasteiger partial charge in [0.1, 0.15) is 5.75 Å². The highest BCUT2D eigenvalue weighted by atomic mass is 32.1. The number of aromatic nitrogens is 2. The van der Waals surface area contributed by atoms with Gasteiger partial charge in [0.2, 0.25) is 0 Å². The minimum absolute atomic E-state index is 0.0986. The lowest BCUT2D eigenvalue weighted by molar-refractivity contribution is -0.384. The fraction of sp³-hybridized carbons (Fsp3) is 0.118. The van der Waals surface area contributed by atoms with Crippen LogP contribution in [0.4, 0.5) is 10.8 Å². The number of nitro benzene ring substituents is 1. The van der Waals surface area contributed by atoms with Gasteiger partial charge in [-0.15, -0.1) is 0 Å². The largest absolute Gasteiger partial charge is 0.484 e. The maximum Gasteiger partial charge on any atom is 0.273 e. The van der Waals surface area contributed by atoms with Crippen molar-refractivity contribution in [3.8, 4) is 16.3 Å². The van der Waals surface area contributed by atoms with Crippen molar-refractivity contribution < 1.29 is 14.5 Å². The van der Waals surface area contributed by atoms with E-state index in [0.717, 1.165) is 16.3 Å². The van der Waals surface area contributed by atoms with Crippen LogP contribution < -0.4 is 10.1 Å². The summed E-state index contributed by atoms with van der Waals surface area (Å²) in [7, 11) is 0. The van der Waals surface area contributed by atoms with E-state index in [4.69, 9.17) is 4.74 Å². The number of nitro groups is 1. The number of nitrogens with one attached hydrogen (secondary N) is 1. The summed E-state index contributed by atoms with van der Waals surface area (Å²) < 4.78 is 5.30. The molecule has 0 bridgehead atoms. The standard InChI is InChI=1S/C17H14N4O4S/c1-11-16(14-7-2-3-8-18-14)26-17(19-11)20-15(22)10-25-13-6-4-5-12(9-13)21(23)24/h2-9H,10H2,1H3,(H,19,20,22). The fourth-order valence-corrected chi connectivity index (χ4v) is 3.14. The van der Waals surface area contributed by atoms with Crippen LogP contribution in [0.5, 0.6) is 5.75 Å². The molecule has 26 heavy (non-hydrogen) atoms. The van der Waals surface area contributed by atoms with Crippen molar-refractivity contribution in [1.82, 2.24) is 9.97 Å². The molecule has 0 fully saturated rings. The van der Waals surface area contributed by atoms with Gasteiger partial charge in [-0.3, -0.25) is 25.2 Å². The molecule has 8 nitrogen and oxygen atoms in total. The topological polar surface area (TPSA) is 107 Å². The summed E-state index contributed by atoms with van der Waals surface area (Å²) in [5.74, 6) is -0.156. The van der Waals surface area contributed by atoms with Gasteiger partial charge in [-0.05, 0) is 25.1 Å². The molecule has 1 N–H and O–H groups in total. The van der Waals surface area contributed by atoms with Crippen LogP contribution >= 0.6 is 11.3 Å². The molecule has 1 amide bonds. The third-order valence-corrected chi connectivity index (χ3v) is 4.43. The molecule has 2 heterocycles. The number of thiazole rings is 1. The first-order valence-electron chi connectivity index (χ1n) is 7.59. The number of amides is 1. The van der Waals surface area contributed by atoms with E-state index in [1.165, 1.54) is 29.5 Å². The maximum absolute atomic E-state index is 12.0. The van der Waals surface area contributed by atoms with Crippen molar-refractivity contribution in [2.24, 2.45) is 0 Å². The Bertz CT molecular complexity index is 943. The molecule has 9 heteroatoms. The van der Waals surface area contributed by atoms with Gasteiger partial charge in [-0.1, -0.05) is 23.5 Å². The summed E-state index contributed by atoms with van der Waals surface area (Å²) in [5.41, 5.74) is 1.46. The number of carbonyl (C=O) groups is 1. The second-order valence-corrected chi connectivity index (χ2v) is 6.24. The van der Waals surface area contributed by atoms with E-state index in [1.807, 2.05) is 25.1 Å². The Labute approximate surface area is 152 Å². The summed E-state index contributed by atoms with van der Waals surface area (Å²) >= 11 is 1.32. The lowest BCUT2D eigenvalue weighted by atomic mass is 10.3. The van der Waals surface area contributed by atoms with Crippen LogP contribution in [-0.2, 0) is 4.79 Å². The summed E-state index contributed by atoms with van der Waals surface area (Å²) in [6.45, 7) is 1.56. The second-order valence-electron chi connectivity index (χ2n) is 5.24. The molecule has 0 unspecified atom stereocenters. The number of anilines is 1. The van der Waals surface area contributed by atoms with Gasteiger partial charge in [0.05, 0.1) is 27.3 Å². The number of hydrogen-bond acceptors (Lipinski definition) is 7. The number of nitrogens with zero attached hydrogens (tertiary/aromatic N) is 3. The lowest BCUT2D eigenvalue weighted by Gasteiger charge is -2.05. The zero-order chi connectivity index (χ0) is 18.5. The van der Waals surface area contributed by atoms with Crippen LogP contribution in [0.1, 0.15) is 5.69 Å². The van der Waals surface area contributed by atoms with E-state index < -0.39 is 10.8 Å². The van der Waals surface area contributed by atoms with Crippen LogP contribution in [0.15, 0.2) is 48.7 Å². The average Bonchev–Trinajstić information content (AvgIpc) is 3.01. The van der Waals surface area contributed by atoms with Gasteiger partial charge < -0.3 is 4.74 Å². The molecule has 0 aliphatic carbocycles. The predicted octanol–water partition coefficient (Wildman–Crippen LogP) is 3.44. The van der Waals surface area contributed by atoms with Gasteiger partial charge in [-0.25, -0.2) is 4.98 Å². The Kier molecular flexibility index (Phi) is 5.18. The molecule has 0 aliphatic heterocycles. The Morgan fingerprint density at radius 1 is 1.31 bits per heavy atom. The molecule has 2 aromatic heterocycles. The predicted molar refractivity (Wildman–Crippen MR) is 97.3 cm³/mol. The third kappa shape index (κ3) is 4.19. The molecule has 0 aliphatic rings. The molecule has 3 aromatic rings. The first-order valence-corrected chi connectivity index (χ1v) is 8.40. The van der Waals surface area contributed by atoms with Crippen LogP contribution in [0.25, 0.3) is 10.6 Å². The Morgan fingerprint density at radius 2 is 2.15 bits per heavy atom. The summed E-state index contributed by atoms with van der Waals surface area (Å²) in [6, 6.07) is 11.2. The molecule has 0 spiro atoms. The summed E-state index contributed by atoms with van der Waals surface area (Å²) in [4.78, 5) is 31.7. The minimum Gasteiger partial charge on any atom is -0.484 e. The highest BCUT2D eigenvalue weighted by Crippen LogP contribution is 2.31. The SMILES string of the molecule is Cc1nc(NC(=O)COc2cccc([N+](=O)[O-])c2)sc1-c1ccccn1. The van der Waals surface area contributed by atoms with Gasteiger partial charge in [0, 0.05) is 12.3 Å². The lowest BCUT2D eigenvalue weighted by Crippen LogP contribution is -2.20. The van der Waals surface area contributed by atoms with Crippen LogP contribution in [0.2, 0.25) is 0 Å². The number of rotatable bonds is 6. The third-order valence-electron chi connectivity index (χ3n) is 3.34. The highest BCUT2D eigenvalue weighted by Gasteiger charge is 2.13. The fourth-order valence-electron chi connectivity index (χ4n) is 2.18. The number of aryl methyl sites for hydroxylation is 1. The van der Waals surface area contributed by atoms with Gasteiger partial charge >= 0.3 is 0 Å². The maximum atomic E-state index is 12.0. The number of benzene rings is 1. The molecule has 0 saturated heterocycles. The van der Waals surface area contributed by atoms with Gasteiger partial charge in [0.15, 0.2) is 11.7 Å². The Balaban J connectivity index is 1.62. The molecular formula is C17H14N4O4S. The zero-order valence-corrected chi connectivity index (χ0v) is 14.5. The molecular weight excluding hydrogens is 356 g/mol. The summed E-state index contributed by atoms with van der Waals surface area (Å²) in [6.07, 6.45) is 1.69. The molecule has 132 valence electrons. The van der Waals surface area contributed by atoms with Gasteiger partial charge in [0.25, 0.3) is 11.6 Å². The van der Waals surface area contributed by atoms with Crippen molar-refractivity contribution in [3.63, 3.8) is 0 Å². The quantitative estimate of drug-likeness (QED) is 0.526. The zero-order valence-electron chi connectivity index (χ0n) is 13.7.